The number of nitrogen functional groups attached to an aromatic ring is 2. The number of anilines is 2. The van der Waals surface area contributed by atoms with Gasteiger partial charge in [-0.1, -0.05) is 42.5 Å². The van der Waals surface area contributed by atoms with Gasteiger partial charge in [-0.2, -0.15) is 5.10 Å². The molecule has 2 unspecified atom stereocenters. The average molecular weight is 336 g/mol. The summed E-state index contributed by atoms with van der Waals surface area (Å²) in [4.78, 5) is 8.53. The molecule has 0 spiro atoms. The van der Waals surface area contributed by atoms with E-state index >= 15 is 0 Å². The van der Waals surface area contributed by atoms with Gasteiger partial charge < -0.3 is 11.5 Å². The van der Waals surface area contributed by atoms with E-state index in [2.05, 4.69) is 15.1 Å². The molecule has 0 radical (unpaired) electrons. The number of hydrogen-bond donors (Lipinski definition) is 2. The second-order valence-electron chi connectivity index (χ2n) is 6.00. The third kappa shape index (κ3) is 2.84. The van der Waals surface area contributed by atoms with Gasteiger partial charge in [-0.3, -0.25) is 5.01 Å². The Labute approximate surface area is 144 Å². The van der Waals surface area contributed by atoms with Gasteiger partial charge in [-0.25, -0.2) is 14.4 Å². The third-order valence-corrected chi connectivity index (χ3v) is 4.29. The molecule has 2 aromatic rings. The van der Waals surface area contributed by atoms with Crippen molar-refractivity contribution < 1.29 is 4.39 Å². The number of rotatable bonds is 3. The molecule has 0 saturated carbocycles. The molecule has 25 heavy (non-hydrogen) atoms. The van der Waals surface area contributed by atoms with Gasteiger partial charge in [0.2, 0.25) is 0 Å². The summed E-state index contributed by atoms with van der Waals surface area (Å²) in [5.74, 6) is 0.721. The van der Waals surface area contributed by atoms with Gasteiger partial charge in [0.15, 0.2) is 5.82 Å². The Kier molecular flexibility index (Phi) is 3.68. The van der Waals surface area contributed by atoms with Gasteiger partial charge in [0.05, 0.1) is 18.5 Å². The quantitative estimate of drug-likeness (QED) is 0.895. The minimum atomic E-state index is -0.248. The summed E-state index contributed by atoms with van der Waals surface area (Å²) in [6.07, 6.45) is 7.99. The molecule has 2 heterocycles. The van der Waals surface area contributed by atoms with E-state index in [0.29, 0.717) is 35.3 Å². The molecule has 2 aliphatic rings. The van der Waals surface area contributed by atoms with Crippen molar-refractivity contribution >= 4 is 17.3 Å². The Hall–Kier alpha value is -3.22. The molecule has 7 heteroatoms. The highest BCUT2D eigenvalue weighted by Gasteiger charge is 2.37. The standard InChI is InChI=1S/C18H17FN6/c19-13-7-3-1-5-11(13)10-25-14-8-4-2-6-12(14)17(24-25)18-22-15(20)9-16(21)23-18/h1-9,12,14H,10H2,(H4,20,21,22,23). The summed E-state index contributed by atoms with van der Waals surface area (Å²) < 4.78 is 14.0. The second-order valence-corrected chi connectivity index (χ2v) is 6.00. The second kappa shape index (κ2) is 6.01. The van der Waals surface area contributed by atoms with E-state index in [1.54, 1.807) is 12.1 Å². The summed E-state index contributed by atoms with van der Waals surface area (Å²) in [7, 11) is 0. The SMILES string of the molecule is Nc1cc(N)nc(C2=NN(Cc3ccccc3F)C3C=CC=CC23)n1. The first-order chi connectivity index (χ1) is 12.1. The first-order valence-corrected chi connectivity index (χ1v) is 7.96. The van der Waals surface area contributed by atoms with Gasteiger partial charge in [-0.15, -0.1) is 0 Å². The lowest BCUT2D eigenvalue weighted by atomic mass is 9.91. The fourth-order valence-electron chi connectivity index (χ4n) is 3.14. The number of halogens is 1. The number of hydrogen-bond acceptors (Lipinski definition) is 6. The molecule has 0 saturated heterocycles. The van der Waals surface area contributed by atoms with Crippen LogP contribution in [-0.2, 0) is 6.54 Å². The van der Waals surface area contributed by atoms with Gasteiger partial charge in [0.25, 0.3) is 0 Å². The maximum absolute atomic E-state index is 14.0. The van der Waals surface area contributed by atoms with Gasteiger partial charge in [0, 0.05) is 11.6 Å². The molecular weight excluding hydrogens is 319 g/mol. The first-order valence-electron chi connectivity index (χ1n) is 7.96. The van der Waals surface area contributed by atoms with Crippen LogP contribution in [0.5, 0.6) is 0 Å². The van der Waals surface area contributed by atoms with Crippen molar-refractivity contribution in [2.45, 2.75) is 12.6 Å². The Morgan fingerprint density at radius 3 is 2.52 bits per heavy atom. The predicted molar refractivity (Wildman–Crippen MR) is 94.9 cm³/mol. The fraction of sp³-hybridized carbons (Fsp3) is 0.167. The van der Waals surface area contributed by atoms with Crippen LogP contribution in [-0.4, -0.2) is 26.7 Å². The Balaban J connectivity index is 1.72. The van der Waals surface area contributed by atoms with Crippen molar-refractivity contribution in [1.82, 2.24) is 15.0 Å². The molecule has 4 rings (SSSR count). The summed E-state index contributed by atoms with van der Waals surface area (Å²) >= 11 is 0. The highest BCUT2D eigenvalue weighted by molar-refractivity contribution is 6.02. The van der Waals surface area contributed by atoms with E-state index in [1.807, 2.05) is 35.4 Å². The molecule has 1 aliphatic heterocycles. The molecule has 1 aliphatic carbocycles. The van der Waals surface area contributed by atoms with Gasteiger partial charge in [-0.05, 0) is 6.07 Å². The van der Waals surface area contributed by atoms with Crippen molar-refractivity contribution in [3.63, 3.8) is 0 Å². The van der Waals surface area contributed by atoms with E-state index in [-0.39, 0.29) is 17.8 Å². The molecule has 1 aromatic carbocycles. The monoisotopic (exact) mass is 336 g/mol. The van der Waals surface area contributed by atoms with E-state index in [1.165, 1.54) is 12.1 Å². The lowest BCUT2D eigenvalue weighted by molar-refractivity contribution is 0.237. The zero-order valence-corrected chi connectivity index (χ0v) is 13.4. The molecule has 4 N–H and O–H groups in total. The molecule has 0 bridgehead atoms. The summed E-state index contributed by atoms with van der Waals surface area (Å²) in [5, 5.41) is 6.51. The van der Waals surface area contributed by atoms with Crippen LogP contribution in [0.4, 0.5) is 16.0 Å². The Bertz CT molecular complexity index is 884. The molecule has 0 fully saturated rings. The summed E-state index contributed by atoms with van der Waals surface area (Å²) in [6.45, 7) is 0.354. The van der Waals surface area contributed by atoms with Gasteiger partial charge in [0.1, 0.15) is 23.2 Å². The normalized spacial score (nSPS) is 21.3. The van der Waals surface area contributed by atoms with Crippen LogP contribution in [0.1, 0.15) is 11.4 Å². The van der Waals surface area contributed by atoms with Gasteiger partial charge >= 0.3 is 0 Å². The lowest BCUT2D eigenvalue weighted by Gasteiger charge is -2.25. The predicted octanol–water partition coefficient (Wildman–Crippen LogP) is 2.11. The van der Waals surface area contributed by atoms with Crippen molar-refractivity contribution in [1.29, 1.82) is 0 Å². The highest BCUT2D eigenvalue weighted by atomic mass is 19.1. The summed E-state index contributed by atoms with van der Waals surface area (Å²) in [6, 6.07) is 8.18. The molecule has 6 nitrogen and oxygen atoms in total. The molecular formula is C18H17FN6. The number of nitrogens with two attached hydrogens (primary N) is 2. The number of allylic oxidation sites excluding steroid dienone is 2. The van der Waals surface area contributed by atoms with Crippen molar-refractivity contribution in [2.24, 2.45) is 11.0 Å². The smallest absolute Gasteiger partial charge is 0.180 e. The topological polar surface area (TPSA) is 93.4 Å². The largest absolute Gasteiger partial charge is 0.384 e. The van der Waals surface area contributed by atoms with Crippen LogP contribution < -0.4 is 11.5 Å². The highest BCUT2D eigenvalue weighted by Crippen LogP contribution is 2.31. The Morgan fingerprint density at radius 2 is 1.76 bits per heavy atom. The number of fused-ring (bicyclic) bond motifs is 1. The lowest BCUT2D eigenvalue weighted by Crippen LogP contribution is -2.32. The minimum absolute atomic E-state index is 0.0224. The molecule has 1 aromatic heterocycles. The number of benzene rings is 1. The molecule has 2 atom stereocenters. The maximum atomic E-state index is 14.0. The van der Waals surface area contributed by atoms with Crippen LogP contribution in [0.2, 0.25) is 0 Å². The fourth-order valence-corrected chi connectivity index (χ4v) is 3.14. The maximum Gasteiger partial charge on any atom is 0.180 e. The van der Waals surface area contributed by atoms with Crippen LogP contribution in [0.25, 0.3) is 0 Å². The van der Waals surface area contributed by atoms with E-state index in [0.717, 1.165) is 0 Å². The Morgan fingerprint density at radius 1 is 1.04 bits per heavy atom. The van der Waals surface area contributed by atoms with Crippen LogP contribution in [0, 0.1) is 11.7 Å². The van der Waals surface area contributed by atoms with Crippen molar-refractivity contribution in [2.75, 3.05) is 11.5 Å². The number of nitrogens with zero attached hydrogens (tertiary/aromatic N) is 4. The van der Waals surface area contributed by atoms with Crippen molar-refractivity contribution in [3.8, 4) is 0 Å². The van der Waals surface area contributed by atoms with Crippen molar-refractivity contribution in [3.05, 3.63) is 71.8 Å². The average Bonchev–Trinajstić information content (AvgIpc) is 2.95. The third-order valence-electron chi connectivity index (χ3n) is 4.29. The minimum Gasteiger partial charge on any atom is -0.384 e. The van der Waals surface area contributed by atoms with E-state index in [4.69, 9.17) is 11.5 Å². The van der Waals surface area contributed by atoms with E-state index < -0.39 is 0 Å². The van der Waals surface area contributed by atoms with Crippen LogP contribution in [0.15, 0.2) is 59.7 Å². The zero-order valence-electron chi connectivity index (χ0n) is 13.4. The number of hydrazone groups is 1. The molecule has 126 valence electrons. The van der Waals surface area contributed by atoms with Crippen LogP contribution in [0.3, 0.4) is 0 Å². The molecule has 0 amide bonds. The zero-order chi connectivity index (χ0) is 17.4. The van der Waals surface area contributed by atoms with E-state index in [9.17, 15) is 4.39 Å². The summed E-state index contributed by atoms with van der Waals surface area (Å²) in [5.41, 5.74) is 12.9. The first kappa shape index (κ1) is 15.3. The number of aromatic nitrogens is 2. The van der Waals surface area contributed by atoms with Crippen LogP contribution >= 0.6 is 0 Å².